The van der Waals surface area contributed by atoms with Crippen molar-refractivity contribution in [1.82, 2.24) is 16.0 Å². The number of thioether (sulfide) groups is 1. The number of carboxylic acids is 2. The van der Waals surface area contributed by atoms with Crippen LogP contribution in [-0.2, 0) is 24.0 Å². The molecule has 5 atom stereocenters. The maximum absolute atomic E-state index is 12.6. The number of carboxylic acid groups (broad SMARTS) is 2. The predicted octanol–water partition coefficient (Wildman–Crippen LogP) is -2.22. The number of amides is 3. The molecule has 0 aliphatic heterocycles. The molecule has 3 amide bonds. The third kappa shape index (κ3) is 11.2. The molecular formula is C17H30N4O8S2. The second-order valence-corrected chi connectivity index (χ2v) is 8.04. The van der Waals surface area contributed by atoms with Crippen molar-refractivity contribution in [2.45, 2.75) is 56.5 Å². The van der Waals surface area contributed by atoms with Gasteiger partial charge in [-0.15, -0.1) is 0 Å². The fraction of sp³-hybridized carbons (Fsp3) is 0.706. The van der Waals surface area contributed by atoms with Crippen LogP contribution >= 0.6 is 24.4 Å². The predicted molar refractivity (Wildman–Crippen MR) is 117 cm³/mol. The van der Waals surface area contributed by atoms with Crippen LogP contribution in [0.5, 0.6) is 0 Å². The number of hydrogen-bond acceptors (Lipinski definition) is 9. The SMILES string of the molecule is CSCCC(NC(=O)C(N)C(C)O)C(=O)NC(CS)C(=O)NC(CCC(=O)O)C(=O)O. The minimum atomic E-state index is -1.46. The van der Waals surface area contributed by atoms with E-state index in [-0.39, 0.29) is 18.6 Å². The number of aliphatic hydroxyl groups excluding tert-OH is 1. The lowest BCUT2D eigenvalue weighted by Gasteiger charge is -2.24. The van der Waals surface area contributed by atoms with Gasteiger partial charge in [0.1, 0.15) is 24.2 Å². The number of rotatable bonds is 15. The van der Waals surface area contributed by atoms with Crippen molar-refractivity contribution in [2.75, 3.05) is 17.8 Å². The van der Waals surface area contributed by atoms with Crippen molar-refractivity contribution in [3.8, 4) is 0 Å². The lowest BCUT2D eigenvalue weighted by atomic mass is 10.1. The zero-order chi connectivity index (χ0) is 24.1. The highest BCUT2D eigenvalue weighted by molar-refractivity contribution is 7.98. The molecule has 0 bridgehead atoms. The maximum Gasteiger partial charge on any atom is 0.326 e. The molecule has 0 rings (SSSR count). The summed E-state index contributed by atoms with van der Waals surface area (Å²) in [4.78, 5) is 59.0. The Bertz CT molecular complexity index is 650. The van der Waals surface area contributed by atoms with E-state index < -0.39 is 66.4 Å². The Kier molecular flexibility index (Phi) is 13.9. The first-order chi connectivity index (χ1) is 14.4. The molecule has 14 heteroatoms. The molecular weight excluding hydrogens is 452 g/mol. The summed E-state index contributed by atoms with van der Waals surface area (Å²) in [6.45, 7) is 1.33. The lowest BCUT2D eigenvalue weighted by molar-refractivity contribution is -0.143. The third-order valence-corrected chi connectivity index (χ3v) is 5.15. The van der Waals surface area contributed by atoms with Crippen LogP contribution in [0.15, 0.2) is 0 Å². The quantitative estimate of drug-likeness (QED) is 0.118. The van der Waals surface area contributed by atoms with Gasteiger partial charge in [0, 0.05) is 12.2 Å². The molecule has 0 aromatic carbocycles. The number of hydrogen-bond donors (Lipinski definition) is 8. The zero-order valence-corrected chi connectivity index (χ0v) is 18.9. The average molecular weight is 483 g/mol. The van der Waals surface area contributed by atoms with E-state index in [1.54, 1.807) is 6.26 Å². The molecule has 0 aromatic rings. The number of aliphatic carboxylic acids is 2. The summed E-state index contributed by atoms with van der Waals surface area (Å²) in [7, 11) is 0. The van der Waals surface area contributed by atoms with Crippen molar-refractivity contribution >= 4 is 54.1 Å². The monoisotopic (exact) mass is 482 g/mol. The number of nitrogens with two attached hydrogens (primary N) is 1. The normalized spacial score (nSPS) is 15.6. The fourth-order valence-corrected chi connectivity index (χ4v) is 2.98. The van der Waals surface area contributed by atoms with E-state index in [0.717, 1.165) is 0 Å². The first-order valence-corrected chi connectivity index (χ1v) is 11.4. The van der Waals surface area contributed by atoms with Crippen LogP contribution in [0.4, 0.5) is 0 Å². The molecule has 0 saturated heterocycles. The Morgan fingerprint density at radius 1 is 0.935 bits per heavy atom. The Labute approximate surface area is 189 Å². The van der Waals surface area contributed by atoms with E-state index in [9.17, 15) is 29.1 Å². The third-order valence-electron chi connectivity index (χ3n) is 4.14. The summed E-state index contributed by atoms with van der Waals surface area (Å²) >= 11 is 5.42. The van der Waals surface area contributed by atoms with E-state index >= 15 is 0 Å². The van der Waals surface area contributed by atoms with Gasteiger partial charge in [0.2, 0.25) is 17.7 Å². The summed E-state index contributed by atoms with van der Waals surface area (Å²) in [5, 5.41) is 34.3. The van der Waals surface area contributed by atoms with E-state index in [1.165, 1.54) is 18.7 Å². The second-order valence-electron chi connectivity index (χ2n) is 6.68. The summed E-state index contributed by atoms with van der Waals surface area (Å²) < 4.78 is 0. The molecule has 0 radical (unpaired) electrons. The highest BCUT2D eigenvalue weighted by Gasteiger charge is 2.30. The average Bonchev–Trinajstić information content (AvgIpc) is 2.70. The highest BCUT2D eigenvalue weighted by Crippen LogP contribution is 2.04. The standard InChI is InChI=1S/C17H30N4O8S2/c1-8(22)13(18)16(27)19-9(5-6-31-2)14(25)21-11(7-30)15(26)20-10(17(28)29)3-4-12(23)24/h8-11,13,22,30H,3-7,18H2,1-2H3,(H,19,27)(H,20,26)(H,21,25)(H,23,24)(H,28,29). The minimum Gasteiger partial charge on any atom is -0.481 e. The van der Waals surface area contributed by atoms with E-state index in [0.29, 0.717) is 5.75 Å². The van der Waals surface area contributed by atoms with Crippen LogP contribution < -0.4 is 21.7 Å². The van der Waals surface area contributed by atoms with Gasteiger partial charge < -0.3 is 37.0 Å². The van der Waals surface area contributed by atoms with Gasteiger partial charge in [-0.3, -0.25) is 19.2 Å². The summed E-state index contributed by atoms with van der Waals surface area (Å²) in [6.07, 6.45) is 0.0573. The number of carbonyl (C=O) groups is 5. The maximum atomic E-state index is 12.6. The minimum absolute atomic E-state index is 0.181. The first-order valence-electron chi connectivity index (χ1n) is 9.33. The number of thiol groups is 1. The van der Waals surface area contributed by atoms with Gasteiger partial charge in [-0.25, -0.2) is 4.79 Å². The second kappa shape index (κ2) is 14.9. The van der Waals surface area contributed by atoms with Gasteiger partial charge in [0.25, 0.3) is 0 Å². The van der Waals surface area contributed by atoms with Crippen LogP contribution in [0.25, 0.3) is 0 Å². The van der Waals surface area contributed by atoms with Crippen molar-refractivity contribution < 1.29 is 39.3 Å². The van der Waals surface area contributed by atoms with Crippen LogP contribution in [0, 0.1) is 0 Å². The summed E-state index contributed by atoms with van der Waals surface area (Å²) in [5.74, 6) is -4.65. The van der Waals surface area contributed by atoms with Gasteiger partial charge in [0.05, 0.1) is 6.10 Å². The molecule has 0 heterocycles. The molecule has 5 unspecified atom stereocenters. The Morgan fingerprint density at radius 2 is 1.45 bits per heavy atom. The Morgan fingerprint density at radius 3 is 1.90 bits per heavy atom. The van der Waals surface area contributed by atoms with E-state index in [1.807, 2.05) is 0 Å². The highest BCUT2D eigenvalue weighted by atomic mass is 32.2. The van der Waals surface area contributed by atoms with E-state index in [2.05, 4.69) is 28.6 Å². The van der Waals surface area contributed by atoms with E-state index in [4.69, 9.17) is 15.9 Å². The van der Waals surface area contributed by atoms with Crippen LogP contribution in [0.2, 0.25) is 0 Å². The van der Waals surface area contributed by atoms with Crippen molar-refractivity contribution in [3.63, 3.8) is 0 Å². The summed E-state index contributed by atoms with van der Waals surface area (Å²) in [6, 6.07) is -5.00. The molecule has 0 aromatic heterocycles. The molecule has 8 N–H and O–H groups in total. The smallest absolute Gasteiger partial charge is 0.326 e. The first kappa shape index (κ1) is 29.0. The molecule has 0 aliphatic rings. The lowest BCUT2D eigenvalue weighted by Crippen LogP contribution is -2.58. The molecule has 0 fully saturated rings. The van der Waals surface area contributed by atoms with Crippen molar-refractivity contribution in [2.24, 2.45) is 5.73 Å². The molecule has 31 heavy (non-hydrogen) atoms. The topological polar surface area (TPSA) is 208 Å². The Hall–Kier alpha value is -2.03. The molecule has 0 spiro atoms. The van der Waals surface area contributed by atoms with Crippen LogP contribution in [-0.4, -0.2) is 93.0 Å². The van der Waals surface area contributed by atoms with Gasteiger partial charge in [-0.05, 0) is 31.8 Å². The van der Waals surface area contributed by atoms with Crippen LogP contribution in [0.3, 0.4) is 0 Å². The van der Waals surface area contributed by atoms with Crippen molar-refractivity contribution in [3.05, 3.63) is 0 Å². The van der Waals surface area contributed by atoms with Gasteiger partial charge in [0.15, 0.2) is 0 Å². The number of aliphatic hydroxyl groups is 1. The molecule has 12 nitrogen and oxygen atoms in total. The van der Waals surface area contributed by atoms with Crippen LogP contribution in [0.1, 0.15) is 26.2 Å². The number of carbonyl (C=O) groups excluding carboxylic acids is 3. The van der Waals surface area contributed by atoms with Gasteiger partial charge >= 0.3 is 11.9 Å². The largest absolute Gasteiger partial charge is 0.481 e. The molecule has 0 saturated carbocycles. The summed E-state index contributed by atoms with van der Waals surface area (Å²) in [5.41, 5.74) is 5.57. The number of nitrogens with one attached hydrogen (secondary N) is 3. The zero-order valence-electron chi connectivity index (χ0n) is 17.2. The fourth-order valence-electron chi connectivity index (χ4n) is 2.26. The Balaban J connectivity index is 5.19. The molecule has 0 aliphatic carbocycles. The molecule has 178 valence electrons. The van der Waals surface area contributed by atoms with Gasteiger partial charge in [-0.2, -0.15) is 24.4 Å². The van der Waals surface area contributed by atoms with Crippen molar-refractivity contribution in [1.29, 1.82) is 0 Å². The van der Waals surface area contributed by atoms with Gasteiger partial charge in [-0.1, -0.05) is 0 Å².